The Bertz CT molecular complexity index is 1230. The summed E-state index contributed by atoms with van der Waals surface area (Å²) in [5.74, 6) is 0.569. The van der Waals surface area contributed by atoms with Gasteiger partial charge in [0.05, 0.1) is 23.7 Å². The lowest BCUT2D eigenvalue weighted by atomic mass is 10.1. The van der Waals surface area contributed by atoms with Gasteiger partial charge in [0, 0.05) is 4.88 Å². The maximum absolute atomic E-state index is 12.5. The van der Waals surface area contributed by atoms with E-state index in [1.807, 2.05) is 61.7 Å². The topological polar surface area (TPSA) is 90.7 Å². The van der Waals surface area contributed by atoms with Gasteiger partial charge in [-0.25, -0.2) is 0 Å². The van der Waals surface area contributed by atoms with Crippen LogP contribution < -0.4 is 10.1 Å². The number of benzene rings is 2. The summed E-state index contributed by atoms with van der Waals surface area (Å²) < 4.78 is 16.1. The van der Waals surface area contributed by atoms with Crippen LogP contribution >= 0.6 is 11.3 Å². The number of rotatable bonds is 10. The molecule has 0 fully saturated rings. The zero-order valence-corrected chi connectivity index (χ0v) is 20.3. The van der Waals surface area contributed by atoms with Crippen LogP contribution in [0.15, 0.2) is 76.6 Å². The van der Waals surface area contributed by atoms with Gasteiger partial charge in [-0.05, 0) is 48.6 Å². The summed E-state index contributed by atoms with van der Waals surface area (Å²) >= 11 is 1.56. The van der Waals surface area contributed by atoms with Crippen molar-refractivity contribution >= 4 is 23.2 Å². The van der Waals surface area contributed by atoms with Crippen LogP contribution in [0, 0.1) is 13.8 Å². The van der Waals surface area contributed by atoms with Crippen molar-refractivity contribution in [3.05, 3.63) is 105 Å². The van der Waals surface area contributed by atoms with Crippen molar-refractivity contribution < 1.29 is 23.6 Å². The number of hydrogen-bond acceptors (Lipinski definition) is 7. The van der Waals surface area contributed by atoms with Gasteiger partial charge in [-0.1, -0.05) is 53.7 Å². The minimum atomic E-state index is -0.475. The second-order valence-corrected chi connectivity index (χ2v) is 8.98. The molecule has 180 valence electrons. The first-order chi connectivity index (χ1) is 17.0. The summed E-state index contributed by atoms with van der Waals surface area (Å²) in [5.41, 5.74) is 3.45. The van der Waals surface area contributed by atoms with E-state index in [-0.39, 0.29) is 25.0 Å². The number of hydrogen-bond donors (Lipinski definition) is 1. The molecule has 7 nitrogen and oxygen atoms in total. The largest absolute Gasteiger partial charge is 0.489 e. The van der Waals surface area contributed by atoms with Crippen LogP contribution in [0.1, 0.15) is 39.1 Å². The van der Waals surface area contributed by atoms with E-state index in [0.29, 0.717) is 12.4 Å². The number of nitrogens with zero attached hydrogens (tertiary/aromatic N) is 1. The Morgan fingerprint density at radius 1 is 1.03 bits per heavy atom. The Labute approximate surface area is 207 Å². The Morgan fingerprint density at radius 3 is 2.46 bits per heavy atom. The summed E-state index contributed by atoms with van der Waals surface area (Å²) in [6.45, 7) is 3.73. The van der Waals surface area contributed by atoms with Crippen LogP contribution in [0.2, 0.25) is 0 Å². The van der Waals surface area contributed by atoms with E-state index < -0.39 is 5.97 Å². The predicted octanol–water partition coefficient (Wildman–Crippen LogP) is 4.92. The van der Waals surface area contributed by atoms with Gasteiger partial charge in [0.25, 0.3) is 5.91 Å². The molecule has 4 aromatic rings. The maximum atomic E-state index is 12.5. The van der Waals surface area contributed by atoms with Crippen LogP contribution in [0.5, 0.6) is 5.75 Å². The molecular formula is C27H26N2O5S. The Hall–Kier alpha value is -3.91. The van der Waals surface area contributed by atoms with Gasteiger partial charge in [0.15, 0.2) is 6.61 Å². The van der Waals surface area contributed by atoms with Crippen molar-refractivity contribution in [3.8, 4) is 5.75 Å². The van der Waals surface area contributed by atoms with E-state index in [4.69, 9.17) is 14.0 Å². The second-order valence-electron chi connectivity index (χ2n) is 8.00. The van der Waals surface area contributed by atoms with Crippen molar-refractivity contribution in [3.63, 3.8) is 0 Å². The lowest BCUT2D eigenvalue weighted by Gasteiger charge is -2.18. The average molecular weight is 491 g/mol. The first kappa shape index (κ1) is 24.2. The highest BCUT2D eigenvalue weighted by molar-refractivity contribution is 7.10. The van der Waals surface area contributed by atoms with Crippen molar-refractivity contribution in [2.24, 2.45) is 0 Å². The zero-order valence-electron chi connectivity index (χ0n) is 19.5. The summed E-state index contributed by atoms with van der Waals surface area (Å²) in [5, 5.41) is 8.84. The molecule has 2 heterocycles. The van der Waals surface area contributed by atoms with Crippen molar-refractivity contribution in [2.75, 3.05) is 6.61 Å². The number of amides is 1. The first-order valence-electron chi connectivity index (χ1n) is 11.2. The molecule has 8 heteroatoms. The Kier molecular flexibility index (Phi) is 7.95. The molecule has 1 N–H and O–H groups in total. The molecule has 0 saturated carbocycles. The fraction of sp³-hybridized carbons (Fsp3) is 0.222. The molecule has 1 atom stereocenters. The number of aryl methyl sites for hydroxylation is 2. The monoisotopic (exact) mass is 490 g/mol. The number of aromatic nitrogens is 1. The highest BCUT2D eigenvalue weighted by Crippen LogP contribution is 2.26. The number of carbonyl (C=O) groups excluding carboxylic acids is 2. The second kappa shape index (κ2) is 11.5. The van der Waals surface area contributed by atoms with Crippen LogP contribution in [-0.2, 0) is 27.4 Å². The van der Waals surface area contributed by atoms with Crippen LogP contribution in [0.3, 0.4) is 0 Å². The van der Waals surface area contributed by atoms with Crippen molar-refractivity contribution in [1.29, 1.82) is 0 Å². The quantitative estimate of drug-likeness (QED) is 0.317. The van der Waals surface area contributed by atoms with Crippen molar-refractivity contribution in [2.45, 2.75) is 32.9 Å². The molecule has 35 heavy (non-hydrogen) atoms. The van der Waals surface area contributed by atoms with Crippen LogP contribution in [0.25, 0.3) is 0 Å². The molecule has 1 unspecified atom stereocenters. The molecule has 0 spiro atoms. The highest BCUT2D eigenvalue weighted by atomic mass is 32.1. The lowest BCUT2D eigenvalue weighted by molar-refractivity contribution is -0.148. The molecule has 0 bridgehead atoms. The minimum Gasteiger partial charge on any atom is -0.489 e. The minimum absolute atomic E-state index is 0.0600. The van der Waals surface area contributed by atoms with E-state index in [0.717, 1.165) is 33.0 Å². The van der Waals surface area contributed by atoms with Gasteiger partial charge in [-0.3, -0.25) is 9.59 Å². The smallest absolute Gasteiger partial charge is 0.310 e. The van der Waals surface area contributed by atoms with E-state index in [9.17, 15) is 9.59 Å². The average Bonchev–Trinajstić information content (AvgIpc) is 3.51. The number of esters is 1. The first-order valence-corrected chi connectivity index (χ1v) is 12.0. The summed E-state index contributed by atoms with van der Waals surface area (Å²) in [7, 11) is 0. The molecule has 0 aliphatic carbocycles. The molecule has 0 aliphatic rings. The standard InChI is InChI=1S/C27H26N2O5S/c1-18-23(19(2)34-29-18)16-32-22-12-10-20(11-13-22)15-26(31)33-17-25(30)28-27(24-9-6-14-35-24)21-7-4-3-5-8-21/h3-14,27H,15-17H2,1-2H3,(H,28,30). The van der Waals surface area contributed by atoms with Gasteiger partial charge in [-0.2, -0.15) is 0 Å². The van der Waals surface area contributed by atoms with E-state index in [2.05, 4.69) is 10.5 Å². The molecule has 2 aromatic carbocycles. The van der Waals surface area contributed by atoms with Crippen LogP contribution in [0.4, 0.5) is 0 Å². The fourth-order valence-corrected chi connectivity index (χ4v) is 4.36. The number of thiophene rings is 1. The van der Waals surface area contributed by atoms with E-state index in [1.54, 1.807) is 35.6 Å². The molecular weight excluding hydrogens is 464 g/mol. The fourth-order valence-electron chi connectivity index (χ4n) is 3.55. The van der Waals surface area contributed by atoms with Gasteiger partial charge < -0.3 is 19.3 Å². The zero-order chi connectivity index (χ0) is 24.6. The predicted molar refractivity (Wildman–Crippen MR) is 132 cm³/mol. The molecule has 2 aromatic heterocycles. The Morgan fingerprint density at radius 2 is 1.80 bits per heavy atom. The van der Waals surface area contributed by atoms with Gasteiger partial charge in [0.2, 0.25) is 0 Å². The lowest BCUT2D eigenvalue weighted by Crippen LogP contribution is -2.32. The maximum Gasteiger partial charge on any atom is 0.310 e. The van der Waals surface area contributed by atoms with Crippen molar-refractivity contribution in [1.82, 2.24) is 10.5 Å². The third kappa shape index (κ3) is 6.58. The molecule has 0 radical (unpaired) electrons. The summed E-state index contributed by atoms with van der Waals surface area (Å²) in [6, 6.07) is 20.5. The van der Waals surface area contributed by atoms with Crippen LogP contribution in [-0.4, -0.2) is 23.6 Å². The SMILES string of the molecule is Cc1noc(C)c1COc1ccc(CC(=O)OCC(=O)NC(c2ccccc2)c2cccs2)cc1. The molecule has 0 aliphatic heterocycles. The summed E-state index contributed by atoms with van der Waals surface area (Å²) in [6.07, 6.45) is 0.0600. The number of ether oxygens (including phenoxy) is 2. The molecule has 1 amide bonds. The molecule has 4 rings (SSSR count). The van der Waals surface area contributed by atoms with Gasteiger partial charge in [-0.15, -0.1) is 11.3 Å². The van der Waals surface area contributed by atoms with E-state index in [1.165, 1.54) is 0 Å². The highest BCUT2D eigenvalue weighted by Gasteiger charge is 2.19. The molecule has 0 saturated heterocycles. The van der Waals surface area contributed by atoms with E-state index >= 15 is 0 Å². The van der Waals surface area contributed by atoms with Gasteiger partial charge in [0.1, 0.15) is 18.1 Å². The van der Waals surface area contributed by atoms with Gasteiger partial charge >= 0.3 is 5.97 Å². The number of carbonyl (C=O) groups is 2. The third-order valence-electron chi connectivity index (χ3n) is 5.47. The normalized spacial score (nSPS) is 11.6. The summed E-state index contributed by atoms with van der Waals surface area (Å²) in [4.78, 5) is 25.8. The Balaban J connectivity index is 1.26. The third-order valence-corrected chi connectivity index (χ3v) is 6.40. The number of nitrogens with one attached hydrogen (secondary N) is 1.